The maximum Gasteiger partial charge on any atom is 0.305 e. The molecule has 0 radical (unpaired) electrons. The van der Waals surface area contributed by atoms with Crippen molar-refractivity contribution in [1.82, 2.24) is 4.90 Å². The molecule has 0 saturated heterocycles. The molecule has 0 aromatic heterocycles. The van der Waals surface area contributed by atoms with Gasteiger partial charge in [0.1, 0.15) is 0 Å². The van der Waals surface area contributed by atoms with Crippen molar-refractivity contribution in [1.29, 1.82) is 0 Å². The Labute approximate surface area is 168 Å². The van der Waals surface area contributed by atoms with Gasteiger partial charge in [-0.3, -0.25) is 19.3 Å². The number of hydrogen-bond acceptors (Lipinski definition) is 5. The van der Waals surface area contributed by atoms with Crippen molar-refractivity contribution in [3.63, 3.8) is 0 Å². The second-order valence-electron chi connectivity index (χ2n) is 6.75. The molecule has 29 heavy (non-hydrogen) atoms. The van der Waals surface area contributed by atoms with Crippen molar-refractivity contribution >= 4 is 17.8 Å². The van der Waals surface area contributed by atoms with E-state index in [-0.39, 0.29) is 11.1 Å². The lowest BCUT2D eigenvalue weighted by Gasteiger charge is -2.26. The molecule has 1 heterocycles. The van der Waals surface area contributed by atoms with Crippen molar-refractivity contribution in [2.75, 3.05) is 13.7 Å². The number of carbonyl (C=O) groups is 3. The average Bonchev–Trinajstić information content (AvgIpc) is 2.97. The molecule has 0 fully saturated rings. The van der Waals surface area contributed by atoms with Crippen LogP contribution in [0.1, 0.15) is 58.5 Å². The van der Waals surface area contributed by atoms with E-state index >= 15 is 0 Å². The Bertz CT molecular complexity index is 904. The molecule has 2 aromatic rings. The molecule has 2 amide bonds. The Morgan fingerprint density at radius 1 is 1.07 bits per heavy atom. The molecule has 2 aromatic carbocycles. The number of rotatable bonds is 9. The monoisotopic (exact) mass is 397 g/mol. The maximum atomic E-state index is 12.9. The second-order valence-corrected chi connectivity index (χ2v) is 6.75. The van der Waals surface area contributed by atoms with Gasteiger partial charge in [-0.25, -0.2) is 0 Å². The van der Waals surface area contributed by atoms with Crippen LogP contribution in [0.15, 0.2) is 42.5 Å². The zero-order valence-electron chi connectivity index (χ0n) is 16.4. The normalized spacial score (nSPS) is 13.9. The fourth-order valence-corrected chi connectivity index (χ4v) is 3.35. The molecule has 7 nitrogen and oxygen atoms in total. The maximum absolute atomic E-state index is 12.9. The van der Waals surface area contributed by atoms with Gasteiger partial charge < -0.3 is 14.6 Å². The van der Waals surface area contributed by atoms with Crippen LogP contribution in [0.3, 0.4) is 0 Å². The highest BCUT2D eigenvalue weighted by Gasteiger charge is 2.41. The first-order valence-electron chi connectivity index (χ1n) is 9.47. The first-order chi connectivity index (χ1) is 14.0. The number of nitrogens with zero attached hydrogens (tertiary/aromatic N) is 1. The highest BCUT2D eigenvalue weighted by atomic mass is 16.5. The van der Waals surface area contributed by atoms with Crippen molar-refractivity contribution in [3.8, 4) is 11.5 Å². The standard InChI is InChI=1S/C22H23NO6/c1-3-4-11-29-18-10-9-14(12-19(18)28-2)17(13-20(24)25)23-21(26)15-7-5-6-8-16(15)22(23)27/h5-10,12,17H,3-4,11,13H2,1-2H3,(H,24,25). The van der Waals surface area contributed by atoms with Gasteiger partial charge in [-0.05, 0) is 36.2 Å². The van der Waals surface area contributed by atoms with Crippen LogP contribution in [0, 0.1) is 0 Å². The Balaban J connectivity index is 1.97. The summed E-state index contributed by atoms with van der Waals surface area (Å²) in [5, 5.41) is 9.41. The molecule has 1 unspecified atom stereocenters. The van der Waals surface area contributed by atoms with Crippen molar-refractivity contribution in [2.45, 2.75) is 32.2 Å². The first-order valence-corrected chi connectivity index (χ1v) is 9.47. The fourth-order valence-electron chi connectivity index (χ4n) is 3.35. The highest BCUT2D eigenvalue weighted by Crippen LogP contribution is 2.37. The van der Waals surface area contributed by atoms with Crippen LogP contribution in [0.5, 0.6) is 11.5 Å². The van der Waals surface area contributed by atoms with Gasteiger partial charge >= 0.3 is 5.97 Å². The zero-order valence-corrected chi connectivity index (χ0v) is 16.4. The number of hydrogen-bond donors (Lipinski definition) is 1. The van der Waals surface area contributed by atoms with E-state index in [9.17, 15) is 19.5 Å². The topological polar surface area (TPSA) is 93.1 Å². The molecular formula is C22H23NO6. The number of carbonyl (C=O) groups excluding carboxylic acids is 2. The molecule has 0 aliphatic carbocycles. The van der Waals surface area contributed by atoms with Crippen molar-refractivity contribution in [2.24, 2.45) is 0 Å². The van der Waals surface area contributed by atoms with Crippen LogP contribution in [-0.4, -0.2) is 41.5 Å². The van der Waals surface area contributed by atoms with E-state index in [1.54, 1.807) is 42.5 Å². The van der Waals surface area contributed by atoms with E-state index in [1.165, 1.54) is 7.11 Å². The molecule has 1 aliphatic heterocycles. The van der Waals surface area contributed by atoms with E-state index in [0.717, 1.165) is 17.7 Å². The van der Waals surface area contributed by atoms with Gasteiger partial charge in [0.25, 0.3) is 11.8 Å². The van der Waals surface area contributed by atoms with Crippen LogP contribution in [-0.2, 0) is 4.79 Å². The minimum Gasteiger partial charge on any atom is -0.493 e. The third kappa shape index (κ3) is 4.08. The molecule has 1 atom stereocenters. The number of ether oxygens (including phenoxy) is 2. The minimum atomic E-state index is -1.12. The summed E-state index contributed by atoms with van der Waals surface area (Å²) in [5.41, 5.74) is 1.04. The lowest BCUT2D eigenvalue weighted by atomic mass is 10.0. The number of imide groups is 1. The van der Waals surface area contributed by atoms with E-state index in [0.29, 0.717) is 23.7 Å². The molecule has 1 aliphatic rings. The summed E-state index contributed by atoms with van der Waals surface area (Å²) < 4.78 is 11.1. The number of aliphatic carboxylic acids is 1. The average molecular weight is 397 g/mol. The number of amides is 2. The van der Waals surface area contributed by atoms with Gasteiger partial charge in [-0.15, -0.1) is 0 Å². The molecule has 1 N–H and O–H groups in total. The quantitative estimate of drug-likeness (QED) is 0.512. The lowest BCUT2D eigenvalue weighted by molar-refractivity contribution is -0.138. The van der Waals surface area contributed by atoms with Gasteiger partial charge in [0, 0.05) is 0 Å². The number of carboxylic acid groups (broad SMARTS) is 1. The molecule has 0 bridgehead atoms. The molecule has 152 valence electrons. The summed E-state index contributed by atoms with van der Waals surface area (Å²) in [7, 11) is 1.49. The summed E-state index contributed by atoms with van der Waals surface area (Å²) in [5.74, 6) is -1.17. The van der Waals surface area contributed by atoms with Crippen molar-refractivity contribution < 1.29 is 29.0 Å². The Morgan fingerprint density at radius 2 is 1.72 bits per heavy atom. The van der Waals surface area contributed by atoms with E-state index in [2.05, 4.69) is 6.92 Å². The summed E-state index contributed by atoms with van der Waals surface area (Å²) in [6.45, 7) is 2.59. The molecule has 3 rings (SSSR count). The van der Waals surface area contributed by atoms with E-state index < -0.39 is 30.2 Å². The largest absolute Gasteiger partial charge is 0.493 e. The summed E-state index contributed by atoms with van der Waals surface area (Å²) in [6.07, 6.45) is 1.47. The number of fused-ring (bicyclic) bond motifs is 1. The van der Waals surface area contributed by atoms with E-state index in [4.69, 9.17) is 9.47 Å². The van der Waals surface area contributed by atoms with Gasteiger partial charge in [0.2, 0.25) is 0 Å². The van der Waals surface area contributed by atoms with Crippen LogP contribution in [0.2, 0.25) is 0 Å². The van der Waals surface area contributed by atoms with Crippen LogP contribution < -0.4 is 9.47 Å². The zero-order chi connectivity index (χ0) is 21.0. The third-order valence-corrected chi connectivity index (χ3v) is 4.83. The Kier molecular flexibility index (Phi) is 6.16. The van der Waals surface area contributed by atoms with Crippen LogP contribution in [0.4, 0.5) is 0 Å². The summed E-state index contributed by atoms with van der Waals surface area (Å²) in [4.78, 5) is 38.2. The Morgan fingerprint density at radius 3 is 2.28 bits per heavy atom. The van der Waals surface area contributed by atoms with Gasteiger partial charge in [0.05, 0.1) is 37.3 Å². The number of carboxylic acids is 1. The van der Waals surface area contributed by atoms with Crippen molar-refractivity contribution in [3.05, 3.63) is 59.2 Å². The number of unbranched alkanes of at least 4 members (excludes halogenated alkanes) is 1. The van der Waals surface area contributed by atoms with Crippen LogP contribution >= 0.6 is 0 Å². The minimum absolute atomic E-state index is 0.277. The fraction of sp³-hybridized carbons (Fsp3) is 0.318. The first kappa shape index (κ1) is 20.4. The lowest BCUT2D eigenvalue weighted by Crippen LogP contribution is -2.35. The third-order valence-electron chi connectivity index (χ3n) is 4.83. The predicted octanol–water partition coefficient (Wildman–Crippen LogP) is 3.69. The highest BCUT2D eigenvalue weighted by molar-refractivity contribution is 6.21. The smallest absolute Gasteiger partial charge is 0.305 e. The second kappa shape index (κ2) is 8.77. The van der Waals surface area contributed by atoms with Gasteiger partial charge in [-0.2, -0.15) is 0 Å². The summed E-state index contributed by atoms with van der Waals surface area (Å²) >= 11 is 0. The molecule has 7 heteroatoms. The predicted molar refractivity (Wildman–Crippen MR) is 105 cm³/mol. The van der Waals surface area contributed by atoms with Gasteiger partial charge in [-0.1, -0.05) is 31.5 Å². The number of benzene rings is 2. The molecule has 0 spiro atoms. The molecule has 0 saturated carbocycles. The van der Waals surface area contributed by atoms with E-state index in [1.807, 2.05) is 0 Å². The Hall–Kier alpha value is -3.35. The SMILES string of the molecule is CCCCOc1ccc(C(CC(=O)O)N2C(=O)c3ccccc3C2=O)cc1OC. The van der Waals surface area contributed by atoms with Gasteiger partial charge in [0.15, 0.2) is 11.5 Å². The summed E-state index contributed by atoms with van der Waals surface area (Å²) in [6, 6.07) is 10.5. The van der Waals surface area contributed by atoms with Crippen LogP contribution in [0.25, 0.3) is 0 Å². The molecular weight excluding hydrogens is 374 g/mol. The number of methoxy groups -OCH3 is 1.